The standard InChI is InChI=1S/C27H32ClN3O/c1-2-27(15-12-24(32)29-18-19-8-10-20(28)11-9-19)14-5-16-31-17-13-22-21-6-3-4-7-23(21)30-25(22)26(27)31/h3-4,6-11,26,30H,2,5,12-18H2,1H3,(H,29,32)/t26-,27-/m1/s1. The van der Waals surface area contributed by atoms with Crippen LogP contribution < -0.4 is 5.32 Å². The maximum Gasteiger partial charge on any atom is 0.220 e. The van der Waals surface area contributed by atoms with Gasteiger partial charge in [0.2, 0.25) is 5.91 Å². The van der Waals surface area contributed by atoms with E-state index in [4.69, 9.17) is 11.6 Å². The van der Waals surface area contributed by atoms with E-state index < -0.39 is 0 Å². The Hall–Kier alpha value is -2.30. The molecule has 2 aromatic carbocycles. The van der Waals surface area contributed by atoms with Crippen LogP contribution in [0, 0.1) is 5.41 Å². The molecule has 0 saturated carbocycles. The number of fused-ring (bicyclic) bond motifs is 5. The Bertz CT molecular complexity index is 1110. The molecule has 1 saturated heterocycles. The number of hydrogen-bond donors (Lipinski definition) is 2. The van der Waals surface area contributed by atoms with E-state index in [0.29, 0.717) is 19.0 Å². The van der Waals surface area contributed by atoms with Gasteiger partial charge in [-0.15, -0.1) is 0 Å². The second-order valence-corrected chi connectivity index (χ2v) is 9.91. The summed E-state index contributed by atoms with van der Waals surface area (Å²) in [6.07, 6.45) is 6.09. The molecule has 1 amide bonds. The Kier molecular flexibility index (Phi) is 6.00. The van der Waals surface area contributed by atoms with Crippen molar-refractivity contribution in [2.45, 2.75) is 58.0 Å². The van der Waals surface area contributed by atoms with Crippen molar-refractivity contribution in [2.75, 3.05) is 13.1 Å². The number of aromatic amines is 1. The van der Waals surface area contributed by atoms with Crippen molar-refractivity contribution in [1.82, 2.24) is 15.2 Å². The number of nitrogens with zero attached hydrogens (tertiary/aromatic N) is 1. The summed E-state index contributed by atoms with van der Waals surface area (Å²) in [5, 5.41) is 5.20. The summed E-state index contributed by atoms with van der Waals surface area (Å²) in [6, 6.07) is 16.7. The van der Waals surface area contributed by atoms with E-state index in [1.807, 2.05) is 24.3 Å². The molecule has 4 nitrogen and oxygen atoms in total. The van der Waals surface area contributed by atoms with Gasteiger partial charge in [-0.3, -0.25) is 9.69 Å². The first-order valence-corrected chi connectivity index (χ1v) is 12.3. The highest BCUT2D eigenvalue weighted by Crippen LogP contribution is 2.53. The van der Waals surface area contributed by atoms with Crippen LogP contribution >= 0.6 is 11.6 Å². The molecule has 0 aliphatic carbocycles. The Morgan fingerprint density at radius 2 is 2.00 bits per heavy atom. The number of amides is 1. The highest BCUT2D eigenvalue weighted by Gasteiger charge is 2.47. The van der Waals surface area contributed by atoms with Gasteiger partial charge in [-0.05, 0) is 73.4 Å². The zero-order valence-electron chi connectivity index (χ0n) is 18.8. The zero-order chi connectivity index (χ0) is 22.1. The highest BCUT2D eigenvalue weighted by molar-refractivity contribution is 6.30. The SMILES string of the molecule is CC[C@]1(CCC(=O)NCc2ccc(Cl)cc2)CCCN2CCc3c([nH]c4ccccc34)[C@@H]21. The minimum atomic E-state index is 0.131. The largest absolute Gasteiger partial charge is 0.357 e. The monoisotopic (exact) mass is 449 g/mol. The van der Waals surface area contributed by atoms with E-state index in [0.717, 1.165) is 42.9 Å². The molecule has 0 unspecified atom stereocenters. The molecule has 168 valence electrons. The van der Waals surface area contributed by atoms with Crippen molar-refractivity contribution in [1.29, 1.82) is 0 Å². The van der Waals surface area contributed by atoms with E-state index in [1.165, 1.54) is 35.0 Å². The van der Waals surface area contributed by atoms with Gasteiger partial charge >= 0.3 is 0 Å². The first-order valence-electron chi connectivity index (χ1n) is 11.9. The summed E-state index contributed by atoms with van der Waals surface area (Å²) in [6.45, 7) is 5.14. The molecular formula is C27H32ClN3O. The number of H-pyrrole nitrogens is 1. The molecule has 3 heterocycles. The number of nitrogens with one attached hydrogen (secondary N) is 2. The third-order valence-electron chi connectivity index (χ3n) is 7.79. The number of halogens is 1. The molecule has 2 atom stereocenters. The van der Waals surface area contributed by atoms with Crippen molar-refractivity contribution >= 4 is 28.4 Å². The first-order chi connectivity index (χ1) is 15.6. The van der Waals surface area contributed by atoms with Crippen molar-refractivity contribution < 1.29 is 4.79 Å². The molecule has 32 heavy (non-hydrogen) atoms. The van der Waals surface area contributed by atoms with Gasteiger partial charge in [-0.1, -0.05) is 48.9 Å². The molecule has 2 N–H and O–H groups in total. The Balaban J connectivity index is 1.34. The van der Waals surface area contributed by atoms with Crippen LogP contribution in [-0.4, -0.2) is 28.9 Å². The molecule has 1 fully saturated rings. The molecule has 1 aromatic heterocycles. The first kappa shape index (κ1) is 21.5. The van der Waals surface area contributed by atoms with Crippen LogP contribution in [0.4, 0.5) is 0 Å². The number of benzene rings is 2. The predicted molar refractivity (Wildman–Crippen MR) is 131 cm³/mol. The summed E-state index contributed by atoms with van der Waals surface area (Å²) in [5.41, 5.74) is 5.35. The third-order valence-corrected chi connectivity index (χ3v) is 8.04. The summed E-state index contributed by atoms with van der Waals surface area (Å²) >= 11 is 5.97. The summed E-state index contributed by atoms with van der Waals surface area (Å²) < 4.78 is 0. The number of carbonyl (C=O) groups is 1. The Morgan fingerprint density at radius 3 is 2.81 bits per heavy atom. The number of carbonyl (C=O) groups excluding carboxylic acids is 1. The summed E-state index contributed by atoms with van der Waals surface area (Å²) in [5.74, 6) is 0.137. The van der Waals surface area contributed by atoms with Gasteiger partial charge in [0, 0.05) is 41.1 Å². The number of piperidine rings is 1. The van der Waals surface area contributed by atoms with Crippen molar-refractivity contribution in [3.05, 3.63) is 70.4 Å². The quantitative estimate of drug-likeness (QED) is 0.484. The van der Waals surface area contributed by atoms with Crippen LogP contribution in [0.2, 0.25) is 5.02 Å². The van der Waals surface area contributed by atoms with Crippen molar-refractivity contribution in [3.63, 3.8) is 0 Å². The fraction of sp³-hybridized carbons (Fsp3) is 0.444. The van der Waals surface area contributed by atoms with Crippen LogP contribution in [-0.2, 0) is 17.8 Å². The number of hydrogen-bond acceptors (Lipinski definition) is 2. The minimum Gasteiger partial charge on any atom is -0.357 e. The molecule has 0 radical (unpaired) electrons. The lowest BCUT2D eigenvalue weighted by atomic mass is 9.65. The van der Waals surface area contributed by atoms with Crippen molar-refractivity contribution in [3.8, 4) is 0 Å². The average Bonchev–Trinajstić information content (AvgIpc) is 3.21. The van der Waals surface area contributed by atoms with Crippen LogP contribution in [0.15, 0.2) is 48.5 Å². The average molecular weight is 450 g/mol. The fourth-order valence-electron chi connectivity index (χ4n) is 6.06. The Morgan fingerprint density at radius 1 is 1.19 bits per heavy atom. The van der Waals surface area contributed by atoms with E-state index >= 15 is 0 Å². The van der Waals surface area contributed by atoms with E-state index in [2.05, 4.69) is 46.4 Å². The van der Waals surface area contributed by atoms with Crippen molar-refractivity contribution in [2.24, 2.45) is 5.41 Å². The van der Waals surface area contributed by atoms with Crippen LogP contribution in [0.5, 0.6) is 0 Å². The molecule has 5 heteroatoms. The second kappa shape index (κ2) is 8.92. The van der Waals surface area contributed by atoms with Gasteiger partial charge in [0.05, 0.1) is 6.04 Å². The molecule has 2 aliphatic heterocycles. The topological polar surface area (TPSA) is 48.1 Å². The molecule has 5 rings (SSSR count). The van der Waals surface area contributed by atoms with Gasteiger partial charge in [0.1, 0.15) is 0 Å². The maximum atomic E-state index is 12.8. The van der Waals surface area contributed by atoms with E-state index in [-0.39, 0.29) is 11.3 Å². The Labute approximate surface area is 195 Å². The number of rotatable bonds is 6. The number of para-hydroxylation sites is 1. The van der Waals surface area contributed by atoms with Gasteiger partial charge in [-0.25, -0.2) is 0 Å². The summed E-state index contributed by atoms with van der Waals surface area (Å²) in [4.78, 5) is 19.2. The molecule has 3 aromatic rings. The van der Waals surface area contributed by atoms with Gasteiger partial charge < -0.3 is 10.3 Å². The molecule has 2 aliphatic rings. The summed E-state index contributed by atoms with van der Waals surface area (Å²) in [7, 11) is 0. The van der Waals surface area contributed by atoms with E-state index in [9.17, 15) is 4.79 Å². The van der Waals surface area contributed by atoms with Gasteiger partial charge in [0.25, 0.3) is 0 Å². The highest BCUT2D eigenvalue weighted by atomic mass is 35.5. The van der Waals surface area contributed by atoms with Gasteiger partial charge in [0.15, 0.2) is 0 Å². The lowest BCUT2D eigenvalue weighted by Crippen LogP contribution is -2.49. The van der Waals surface area contributed by atoms with Gasteiger partial charge in [-0.2, -0.15) is 0 Å². The maximum absolute atomic E-state index is 12.8. The van der Waals surface area contributed by atoms with Crippen LogP contribution in [0.3, 0.4) is 0 Å². The lowest BCUT2D eigenvalue weighted by Gasteiger charge is -2.52. The van der Waals surface area contributed by atoms with E-state index in [1.54, 1.807) is 0 Å². The normalized spacial score (nSPS) is 23.0. The lowest BCUT2D eigenvalue weighted by molar-refractivity contribution is -0.122. The zero-order valence-corrected chi connectivity index (χ0v) is 19.5. The minimum absolute atomic E-state index is 0.131. The number of aromatic nitrogens is 1. The third kappa shape index (κ3) is 3.95. The molecule has 0 bridgehead atoms. The molecular weight excluding hydrogens is 418 g/mol. The van der Waals surface area contributed by atoms with Crippen LogP contribution in [0.25, 0.3) is 10.9 Å². The predicted octanol–water partition coefficient (Wildman–Crippen LogP) is 6.01. The smallest absolute Gasteiger partial charge is 0.220 e. The fourth-order valence-corrected chi connectivity index (χ4v) is 6.18. The molecule has 0 spiro atoms. The second-order valence-electron chi connectivity index (χ2n) is 9.47. The van der Waals surface area contributed by atoms with Crippen LogP contribution in [0.1, 0.15) is 61.9 Å².